The van der Waals surface area contributed by atoms with Gasteiger partial charge in [-0.25, -0.2) is 9.59 Å². The van der Waals surface area contributed by atoms with E-state index in [1.165, 1.54) is 6.07 Å². The molecule has 8 heteroatoms. The van der Waals surface area contributed by atoms with E-state index in [-0.39, 0.29) is 23.7 Å². The minimum atomic E-state index is -1.07. The number of carboxylic acids is 1. The first-order valence-electron chi connectivity index (χ1n) is 7.44. The lowest BCUT2D eigenvalue weighted by molar-refractivity contribution is -0.0800. The van der Waals surface area contributed by atoms with Crippen molar-refractivity contribution in [2.45, 2.75) is 13.5 Å². The van der Waals surface area contributed by atoms with Crippen molar-refractivity contribution >= 4 is 35.0 Å². The van der Waals surface area contributed by atoms with E-state index >= 15 is 0 Å². The minimum Gasteiger partial charge on any atom is -0.478 e. The first kappa shape index (κ1) is 18.6. The number of benzene rings is 2. The van der Waals surface area contributed by atoms with Crippen LogP contribution < -0.4 is 5.32 Å². The highest BCUT2D eigenvalue weighted by Crippen LogP contribution is 2.30. The van der Waals surface area contributed by atoms with Gasteiger partial charge in [0.15, 0.2) is 0 Å². The summed E-state index contributed by atoms with van der Waals surface area (Å²) in [5.74, 6) is -1.07. The molecule has 25 heavy (non-hydrogen) atoms. The number of nitrogens with one attached hydrogen (secondary N) is 1. The fourth-order valence-electron chi connectivity index (χ4n) is 2.15. The zero-order valence-corrected chi connectivity index (χ0v) is 14.2. The number of carbonyl (C=O) groups is 2. The lowest BCUT2D eigenvalue weighted by Gasteiger charge is -2.17. The summed E-state index contributed by atoms with van der Waals surface area (Å²) in [4.78, 5) is 22.8. The highest BCUT2D eigenvalue weighted by atomic mass is 35.5. The van der Waals surface area contributed by atoms with Crippen molar-refractivity contribution < 1.29 is 24.6 Å². The standard InChI is InChI=1S/C17H17ClN2O5/c1-2-25-17(23)20(24)10-11-6-5-9-14(15(11)18)19-13-8-4-3-7-12(13)16(21)22/h3-9,19,24H,2,10H2,1H3,(H,21,22). The number of hydroxylamine groups is 2. The van der Waals surface area contributed by atoms with Crippen LogP contribution in [0.1, 0.15) is 22.8 Å². The van der Waals surface area contributed by atoms with Crippen LogP contribution in [0.4, 0.5) is 16.2 Å². The molecule has 0 aliphatic carbocycles. The first-order chi connectivity index (χ1) is 11.9. The molecule has 0 aromatic heterocycles. The second-order valence-corrected chi connectivity index (χ2v) is 5.39. The van der Waals surface area contributed by atoms with E-state index in [0.29, 0.717) is 22.0 Å². The van der Waals surface area contributed by atoms with E-state index in [2.05, 4.69) is 5.32 Å². The van der Waals surface area contributed by atoms with Crippen LogP contribution in [-0.4, -0.2) is 34.0 Å². The third-order valence-corrected chi connectivity index (χ3v) is 3.75. The molecule has 2 aromatic carbocycles. The van der Waals surface area contributed by atoms with Crippen molar-refractivity contribution in [2.24, 2.45) is 0 Å². The molecule has 7 nitrogen and oxygen atoms in total. The Labute approximate surface area is 149 Å². The number of nitrogens with zero attached hydrogens (tertiary/aromatic N) is 1. The van der Waals surface area contributed by atoms with Gasteiger partial charge in [-0.15, -0.1) is 0 Å². The van der Waals surface area contributed by atoms with Crippen molar-refractivity contribution in [1.29, 1.82) is 0 Å². The molecule has 0 bridgehead atoms. The van der Waals surface area contributed by atoms with E-state index in [0.717, 1.165) is 0 Å². The number of halogens is 1. The van der Waals surface area contributed by atoms with Gasteiger partial charge in [-0.3, -0.25) is 5.21 Å². The number of amides is 1. The number of hydrogen-bond donors (Lipinski definition) is 3. The van der Waals surface area contributed by atoms with Gasteiger partial charge in [-0.05, 0) is 30.7 Å². The molecule has 0 saturated carbocycles. The summed E-state index contributed by atoms with van der Waals surface area (Å²) in [7, 11) is 0. The molecule has 1 amide bonds. The Morgan fingerprint density at radius 3 is 2.52 bits per heavy atom. The summed E-state index contributed by atoms with van der Waals surface area (Å²) in [6.07, 6.45) is -0.881. The summed E-state index contributed by atoms with van der Waals surface area (Å²) in [6.45, 7) is 1.59. The lowest BCUT2D eigenvalue weighted by atomic mass is 10.1. The maximum absolute atomic E-state index is 11.5. The summed E-state index contributed by atoms with van der Waals surface area (Å²) < 4.78 is 4.70. The number of anilines is 2. The third-order valence-electron chi connectivity index (χ3n) is 3.30. The second-order valence-electron chi connectivity index (χ2n) is 5.01. The maximum atomic E-state index is 11.5. The molecule has 0 heterocycles. The monoisotopic (exact) mass is 364 g/mol. The Balaban J connectivity index is 2.24. The predicted octanol–water partition coefficient (Wildman–Crippen LogP) is 4.13. The Kier molecular flexibility index (Phi) is 6.21. The zero-order chi connectivity index (χ0) is 18.4. The Morgan fingerprint density at radius 1 is 1.16 bits per heavy atom. The van der Waals surface area contributed by atoms with Gasteiger partial charge in [0, 0.05) is 0 Å². The molecule has 0 radical (unpaired) electrons. The number of carboxylic acid groups (broad SMARTS) is 1. The van der Waals surface area contributed by atoms with Crippen molar-refractivity contribution in [2.75, 3.05) is 11.9 Å². The number of ether oxygens (including phenoxy) is 1. The predicted molar refractivity (Wildman–Crippen MR) is 92.5 cm³/mol. The fraction of sp³-hybridized carbons (Fsp3) is 0.176. The SMILES string of the molecule is CCOC(=O)N(O)Cc1cccc(Nc2ccccc2C(=O)O)c1Cl. The molecular formula is C17H17ClN2O5. The molecule has 0 spiro atoms. The smallest absolute Gasteiger partial charge is 0.434 e. The number of aromatic carboxylic acids is 1. The molecule has 3 N–H and O–H groups in total. The molecule has 0 saturated heterocycles. The molecule has 0 unspecified atom stereocenters. The Bertz CT molecular complexity index is 781. The molecule has 0 atom stereocenters. The topological polar surface area (TPSA) is 99.1 Å². The Hall–Kier alpha value is -2.77. The third kappa shape index (κ3) is 4.62. The molecule has 0 fully saturated rings. The fourth-order valence-corrected chi connectivity index (χ4v) is 2.38. The normalized spacial score (nSPS) is 10.2. The average Bonchev–Trinajstić information content (AvgIpc) is 2.59. The first-order valence-corrected chi connectivity index (χ1v) is 7.81. The van der Waals surface area contributed by atoms with E-state index in [1.54, 1.807) is 43.3 Å². The minimum absolute atomic E-state index is 0.0966. The van der Waals surface area contributed by atoms with Crippen LogP contribution in [-0.2, 0) is 11.3 Å². The molecular weight excluding hydrogens is 348 g/mol. The van der Waals surface area contributed by atoms with Crippen molar-refractivity contribution in [1.82, 2.24) is 5.06 Å². The summed E-state index contributed by atoms with van der Waals surface area (Å²) in [6, 6.07) is 11.4. The van der Waals surface area contributed by atoms with Crippen LogP contribution in [0, 0.1) is 0 Å². The van der Waals surface area contributed by atoms with E-state index in [4.69, 9.17) is 16.3 Å². The van der Waals surface area contributed by atoms with Gasteiger partial charge in [-0.2, -0.15) is 5.06 Å². The van der Waals surface area contributed by atoms with Crippen LogP contribution in [0.15, 0.2) is 42.5 Å². The summed E-state index contributed by atoms with van der Waals surface area (Å²) in [5.41, 5.74) is 1.39. The quantitative estimate of drug-likeness (QED) is 0.526. The maximum Gasteiger partial charge on any atom is 0.434 e. The van der Waals surface area contributed by atoms with Crippen LogP contribution in [0.5, 0.6) is 0 Å². The van der Waals surface area contributed by atoms with Crippen LogP contribution in [0.25, 0.3) is 0 Å². The van der Waals surface area contributed by atoms with Crippen molar-refractivity contribution in [3.63, 3.8) is 0 Å². The summed E-state index contributed by atoms with van der Waals surface area (Å²) in [5, 5.41) is 22.6. The summed E-state index contributed by atoms with van der Waals surface area (Å²) >= 11 is 6.32. The van der Waals surface area contributed by atoms with Crippen LogP contribution in [0.2, 0.25) is 5.02 Å². The van der Waals surface area contributed by atoms with E-state index in [1.807, 2.05) is 0 Å². The molecule has 2 rings (SSSR count). The number of hydrogen-bond acceptors (Lipinski definition) is 5. The number of carbonyl (C=O) groups excluding carboxylic acids is 1. The van der Waals surface area contributed by atoms with Crippen molar-refractivity contribution in [3.8, 4) is 0 Å². The number of para-hydroxylation sites is 1. The van der Waals surface area contributed by atoms with E-state index < -0.39 is 12.1 Å². The van der Waals surface area contributed by atoms with Crippen LogP contribution in [0.3, 0.4) is 0 Å². The van der Waals surface area contributed by atoms with Gasteiger partial charge in [0.2, 0.25) is 0 Å². The lowest BCUT2D eigenvalue weighted by Crippen LogP contribution is -2.27. The van der Waals surface area contributed by atoms with Gasteiger partial charge in [0.25, 0.3) is 0 Å². The van der Waals surface area contributed by atoms with Crippen LogP contribution >= 0.6 is 11.6 Å². The Morgan fingerprint density at radius 2 is 1.84 bits per heavy atom. The zero-order valence-electron chi connectivity index (χ0n) is 13.4. The highest BCUT2D eigenvalue weighted by molar-refractivity contribution is 6.34. The molecule has 132 valence electrons. The highest BCUT2D eigenvalue weighted by Gasteiger charge is 2.16. The second kappa shape index (κ2) is 8.36. The molecule has 2 aromatic rings. The van der Waals surface area contributed by atoms with Gasteiger partial charge in [0.1, 0.15) is 0 Å². The number of rotatable bonds is 6. The molecule has 0 aliphatic rings. The molecule has 0 aliphatic heterocycles. The van der Waals surface area contributed by atoms with Gasteiger partial charge in [0.05, 0.1) is 35.1 Å². The van der Waals surface area contributed by atoms with Gasteiger partial charge in [-0.1, -0.05) is 35.9 Å². The van der Waals surface area contributed by atoms with Gasteiger partial charge < -0.3 is 15.2 Å². The van der Waals surface area contributed by atoms with Crippen molar-refractivity contribution in [3.05, 3.63) is 58.6 Å². The average molecular weight is 365 g/mol. The van der Waals surface area contributed by atoms with Gasteiger partial charge >= 0.3 is 12.1 Å². The van der Waals surface area contributed by atoms with E-state index in [9.17, 15) is 19.9 Å². The largest absolute Gasteiger partial charge is 0.478 e.